The second kappa shape index (κ2) is 14.4. The van der Waals surface area contributed by atoms with Gasteiger partial charge >= 0.3 is 5.97 Å². The highest BCUT2D eigenvalue weighted by Gasteiger charge is 2.39. The van der Waals surface area contributed by atoms with E-state index in [1.165, 1.54) is 64.2 Å². The molecule has 0 radical (unpaired) electrons. The number of hydrogen-bond donors (Lipinski definition) is 3. The summed E-state index contributed by atoms with van der Waals surface area (Å²) in [6, 6.07) is 0. The van der Waals surface area contributed by atoms with E-state index < -0.39 is 17.3 Å². The molecule has 0 saturated heterocycles. The lowest BCUT2D eigenvalue weighted by atomic mass is 9.91. The second-order valence-electron chi connectivity index (χ2n) is 6.90. The van der Waals surface area contributed by atoms with Gasteiger partial charge in [0.2, 0.25) is 0 Å². The van der Waals surface area contributed by atoms with Gasteiger partial charge in [-0.2, -0.15) is 0 Å². The molecule has 0 aliphatic heterocycles. The van der Waals surface area contributed by atoms with E-state index >= 15 is 0 Å². The Hall–Kier alpha value is -0.940. The Morgan fingerprint density at radius 3 is 1.50 bits per heavy atom. The first kappa shape index (κ1) is 23.1. The number of carboxylic acids is 1. The van der Waals surface area contributed by atoms with Crippen LogP contribution < -0.4 is 11.5 Å². The number of aliphatic carboxylic acids is 1. The first-order valence-corrected chi connectivity index (χ1v) is 9.74. The molecule has 1 atom stereocenters. The maximum atomic E-state index is 11.9. The van der Waals surface area contributed by atoms with E-state index in [1.807, 2.05) is 0 Å². The Morgan fingerprint density at radius 2 is 1.17 bits per heavy atom. The maximum absolute atomic E-state index is 11.9. The topological polar surface area (TPSA) is 106 Å². The maximum Gasteiger partial charge on any atom is 0.332 e. The van der Waals surface area contributed by atoms with Crippen LogP contribution in [0.3, 0.4) is 0 Å². The Labute approximate surface area is 147 Å². The minimum absolute atomic E-state index is 0.206. The molecule has 1 unspecified atom stereocenters. The molecule has 0 saturated carbocycles. The monoisotopic (exact) mass is 342 g/mol. The zero-order valence-corrected chi connectivity index (χ0v) is 15.5. The molecule has 0 spiro atoms. The van der Waals surface area contributed by atoms with Crippen molar-refractivity contribution < 1.29 is 14.7 Å². The number of carbonyl (C=O) groups excluding carboxylic acids is 1. The molecule has 0 bridgehead atoms. The quantitative estimate of drug-likeness (QED) is 0.275. The van der Waals surface area contributed by atoms with Crippen LogP contribution in [-0.4, -0.2) is 28.9 Å². The van der Waals surface area contributed by atoms with Gasteiger partial charge in [0.05, 0.1) is 0 Å². The molecule has 0 fully saturated rings. The van der Waals surface area contributed by atoms with Crippen molar-refractivity contribution in [2.45, 2.75) is 102 Å². The third kappa shape index (κ3) is 10.0. The van der Waals surface area contributed by atoms with Crippen LogP contribution in [0, 0.1) is 0 Å². The molecule has 0 heterocycles. The largest absolute Gasteiger partial charge is 0.479 e. The van der Waals surface area contributed by atoms with E-state index in [2.05, 4.69) is 6.92 Å². The van der Waals surface area contributed by atoms with E-state index in [9.17, 15) is 9.59 Å². The van der Waals surface area contributed by atoms with Crippen molar-refractivity contribution >= 4 is 11.8 Å². The Bertz CT molecular complexity index is 348. The van der Waals surface area contributed by atoms with Gasteiger partial charge in [0, 0.05) is 13.0 Å². The summed E-state index contributed by atoms with van der Waals surface area (Å²) in [5.74, 6) is -1.79. The second-order valence-corrected chi connectivity index (χ2v) is 6.90. The van der Waals surface area contributed by atoms with Crippen molar-refractivity contribution in [3.8, 4) is 0 Å². The minimum Gasteiger partial charge on any atom is -0.479 e. The number of carbonyl (C=O) groups is 2. The molecule has 5 heteroatoms. The molecular weight excluding hydrogens is 304 g/mol. The Kier molecular flexibility index (Phi) is 13.8. The average molecular weight is 343 g/mol. The lowest BCUT2D eigenvalue weighted by Crippen LogP contribution is -2.60. The van der Waals surface area contributed by atoms with E-state index in [0.717, 1.165) is 12.8 Å². The zero-order valence-electron chi connectivity index (χ0n) is 15.5. The third-order valence-electron chi connectivity index (χ3n) is 4.71. The smallest absolute Gasteiger partial charge is 0.332 e. The van der Waals surface area contributed by atoms with Gasteiger partial charge in [0.1, 0.15) is 0 Å². The van der Waals surface area contributed by atoms with Gasteiger partial charge in [0.25, 0.3) is 0 Å². The van der Waals surface area contributed by atoms with Gasteiger partial charge in [-0.1, -0.05) is 84.0 Å². The van der Waals surface area contributed by atoms with Crippen LogP contribution in [0.4, 0.5) is 0 Å². The first-order valence-electron chi connectivity index (χ1n) is 9.74. The molecule has 0 aliphatic rings. The highest BCUT2D eigenvalue weighted by molar-refractivity contribution is 6.07. The molecule has 24 heavy (non-hydrogen) atoms. The van der Waals surface area contributed by atoms with Crippen LogP contribution >= 0.6 is 0 Å². The summed E-state index contributed by atoms with van der Waals surface area (Å²) in [5.41, 5.74) is 8.98. The SMILES string of the molecule is CCCCCCCCCCCCCCCC(=O)C(N)(CN)C(=O)O. The highest BCUT2D eigenvalue weighted by Crippen LogP contribution is 2.14. The van der Waals surface area contributed by atoms with Crippen LogP contribution in [0.1, 0.15) is 96.8 Å². The van der Waals surface area contributed by atoms with E-state index in [-0.39, 0.29) is 13.0 Å². The summed E-state index contributed by atoms with van der Waals surface area (Å²) in [6.45, 7) is 1.90. The van der Waals surface area contributed by atoms with Crippen molar-refractivity contribution in [2.75, 3.05) is 6.54 Å². The lowest BCUT2D eigenvalue weighted by molar-refractivity contribution is -0.147. The molecule has 0 aromatic rings. The molecular formula is C19H38N2O3. The number of hydrogen-bond acceptors (Lipinski definition) is 4. The standard InChI is InChI=1S/C19H38N2O3/c1-2-3-4-5-6-7-8-9-10-11-12-13-14-15-17(22)19(21,16-20)18(23)24/h2-16,20-21H2,1H3,(H,23,24). The molecule has 142 valence electrons. The Morgan fingerprint density at radius 1 is 0.792 bits per heavy atom. The molecule has 5 nitrogen and oxygen atoms in total. The summed E-state index contributed by atoms with van der Waals surface area (Å²) >= 11 is 0. The fourth-order valence-electron chi connectivity index (χ4n) is 2.85. The van der Waals surface area contributed by atoms with Crippen molar-refractivity contribution in [2.24, 2.45) is 11.5 Å². The van der Waals surface area contributed by atoms with Crippen LogP contribution in [0.5, 0.6) is 0 Å². The first-order chi connectivity index (χ1) is 11.5. The van der Waals surface area contributed by atoms with Crippen molar-refractivity contribution in [3.05, 3.63) is 0 Å². The highest BCUT2D eigenvalue weighted by atomic mass is 16.4. The zero-order chi connectivity index (χ0) is 18.3. The Balaban J connectivity index is 3.45. The number of ketones is 1. The molecule has 0 aromatic carbocycles. The summed E-state index contributed by atoms with van der Waals surface area (Å²) in [4.78, 5) is 22.9. The van der Waals surface area contributed by atoms with Gasteiger partial charge < -0.3 is 16.6 Å². The van der Waals surface area contributed by atoms with Crippen molar-refractivity contribution in [1.82, 2.24) is 0 Å². The predicted octanol–water partition coefficient (Wildman–Crippen LogP) is 3.78. The number of Topliss-reactive ketones (excluding diaryl/α,β-unsaturated/α-hetero) is 1. The van der Waals surface area contributed by atoms with Crippen LogP contribution in [0.15, 0.2) is 0 Å². The van der Waals surface area contributed by atoms with Gasteiger partial charge in [0.15, 0.2) is 11.3 Å². The van der Waals surface area contributed by atoms with Crippen LogP contribution in [0.2, 0.25) is 0 Å². The number of nitrogens with two attached hydrogens (primary N) is 2. The molecule has 5 N–H and O–H groups in total. The van der Waals surface area contributed by atoms with Crippen molar-refractivity contribution in [3.63, 3.8) is 0 Å². The van der Waals surface area contributed by atoms with Crippen LogP contribution in [-0.2, 0) is 9.59 Å². The summed E-state index contributed by atoms with van der Waals surface area (Å²) in [7, 11) is 0. The number of rotatable bonds is 17. The molecule has 0 aromatic heterocycles. The van der Waals surface area contributed by atoms with E-state index in [1.54, 1.807) is 0 Å². The summed E-state index contributed by atoms with van der Waals surface area (Å²) < 4.78 is 0. The fourth-order valence-corrected chi connectivity index (χ4v) is 2.85. The van der Waals surface area contributed by atoms with Gasteiger partial charge in [-0.15, -0.1) is 0 Å². The van der Waals surface area contributed by atoms with Gasteiger partial charge in [-0.05, 0) is 6.42 Å². The predicted molar refractivity (Wildman–Crippen MR) is 98.9 cm³/mol. The summed E-state index contributed by atoms with van der Waals surface area (Å²) in [5, 5.41) is 8.98. The number of carboxylic acid groups (broad SMARTS) is 1. The minimum atomic E-state index is -1.91. The molecule has 0 rings (SSSR count). The normalized spacial score (nSPS) is 13.6. The van der Waals surface area contributed by atoms with E-state index in [0.29, 0.717) is 6.42 Å². The lowest BCUT2D eigenvalue weighted by Gasteiger charge is -2.20. The average Bonchev–Trinajstić information content (AvgIpc) is 2.57. The number of unbranched alkanes of at least 4 members (excludes halogenated alkanes) is 12. The van der Waals surface area contributed by atoms with Crippen molar-refractivity contribution in [1.29, 1.82) is 0 Å². The van der Waals surface area contributed by atoms with Gasteiger partial charge in [-0.3, -0.25) is 4.79 Å². The molecule has 0 aliphatic carbocycles. The van der Waals surface area contributed by atoms with Crippen LogP contribution in [0.25, 0.3) is 0 Å². The van der Waals surface area contributed by atoms with E-state index in [4.69, 9.17) is 16.6 Å². The fraction of sp³-hybridized carbons (Fsp3) is 0.895. The van der Waals surface area contributed by atoms with Gasteiger partial charge in [-0.25, -0.2) is 4.79 Å². The summed E-state index contributed by atoms with van der Waals surface area (Å²) in [6.07, 6.45) is 16.2. The third-order valence-corrected chi connectivity index (χ3v) is 4.71. The molecule has 0 amide bonds.